The molecule has 0 spiro atoms. The minimum Gasteiger partial charge on any atom is -0.508 e. The van der Waals surface area contributed by atoms with Gasteiger partial charge in [-0.2, -0.15) is 4.98 Å². The summed E-state index contributed by atoms with van der Waals surface area (Å²) in [6, 6.07) is 6.53. The molecule has 0 unspecified atom stereocenters. The summed E-state index contributed by atoms with van der Waals surface area (Å²) in [5.41, 5.74) is 0.302. The number of hydrogen-bond acceptors (Lipinski definition) is 5. The zero-order valence-electron chi connectivity index (χ0n) is 14.6. The van der Waals surface area contributed by atoms with Gasteiger partial charge in [0.15, 0.2) is 5.82 Å². The van der Waals surface area contributed by atoms with Gasteiger partial charge in [0.05, 0.1) is 5.41 Å². The first-order valence-corrected chi connectivity index (χ1v) is 8.92. The van der Waals surface area contributed by atoms with Crippen molar-refractivity contribution >= 4 is 5.91 Å². The fourth-order valence-electron chi connectivity index (χ4n) is 4.29. The fraction of sp³-hybridized carbons (Fsp3) is 0.526. The summed E-state index contributed by atoms with van der Waals surface area (Å²) in [6.07, 6.45) is 3.17. The van der Waals surface area contributed by atoms with Gasteiger partial charge in [0.2, 0.25) is 5.89 Å². The van der Waals surface area contributed by atoms with Crippen molar-refractivity contribution in [2.75, 3.05) is 13.1 Å². The van der Waals surface area contributed by atoms with Crippen molar-refractivity contribution in [3.63, 3.8) is 0 Å². The van der Waals surface area contributed by atoms with Gasteiger partial charge < -0.3 is 14.5 Å². The van der Waals surface area contributed by atoms with E-state index < -0.39 is 0 Å². The van der Waals surface area contributed by atoms with E-state index in [0.717, 1.165) is 25.1 Å². The van der Waals surface area contributed by atoms with E-state index in [1.807, 2.05) is 18.7 Å². The van der Waals surface area contributed by atoms with Gasteiger partial charge in [-0.25, -0.2) is 0 Å². The van der Waals surface area contributed by atoms with Gasteiger partial charge in [0, 0.05) is 24.6 Å². The van der Waals surface area contributed by atoms with Crippen LogP contribution in [0.5, 0.6) is 5.75 Å². The molecule has 1 saturated carbocycles. The Morgan fingerprint density at radius 2 is 2.28 bits per heavy atom. The van der Waals surface area contributed by atoms with E-state index in [-0.39, 0.29) is 23.0 Å². The molecule has 2 heterocycles. The third-order valence-electron chi connectivity index (χ3n) is 5.64. The lowest BCUT2D eigenvalue weighted by atomic mass is 9.80. The van der Waals surface area contributed by atoms with Crippen LogP contribution in [-0.4, -0.2) is 39.1 Å². The van der Waals surface area contributed by atoms with E-state index in [4.69, 9.17) is 4.52 Å². The largest absolute Gasteiger partial charge is 0.508 e. The van der Waals surface area contributed by atoms with Crippen LogP contribution in [-0.2, 0) is 5.41 Å². The maximum atomic E-state index is 12.9. The molecule has 6 heteroatoms. The Kier molecular flexibility index (Phi) is 3.78. The number of nitrogens with zero attached hydrogens (tertiary/aromatic N) is 3. The summed E-state index contributed by atoms with van der Waals surface area (Å²) in [5.74, 6) is 2.05. The van der Waals surface area contributed by atoms with Gasteiger partial charge in [-0.3, -0.25) is 4.79 Å². The van der Waals surface area contributed by atoms with E-state index in [9.17, 15) is 9.90 Å². The number of phenols is 1. The average Bonchev–Trinajstić information content (AvgIpc) is 3.27. The third kappa shape index (κ3) is 2.60. The average molecular weight is 341 g/mol. The molecule has 2 atom stereocenters. The number of amides is 1. The van der Waals surface area contributed by atoms with Crippen LogP contribution in [0, 0.1) is 5.92 Å². The van der Waals surface area contributed by atoms with Crippen LogP contribution in [0.1, 0.15) is 61.1 Å². The first kappa shape index (κ1) is 16.1. The highest BCUT2D eigenvalue weighted by atomic mass is 16.5. The van der Waals surface area contributed by atoms with Crippen molar-refractivity contribution in [2.45, 2.75) is 44.4 Å². The molecule has 1 aliphatic heterocycles. The Bertz CT molecular complexity index is 801. The zero-order chi connectivity index (χ0) is 17.6. The SMILES string of the molecule is CC(C)c1noc([C@@]23CCC[C@@H]2CN(C(=O)c2cccc(O)c2)C3)n1. The molecule has 1 aromatic carbocycles. The Labute approximate surface area is 146 Å². The molecule has 2 fully saturated rings. The molecule has 0 bridgehead atoms. The van der Waals surface area contributed by atoms with Crippen molar-refractivity contribution in [3.05, 3.63) is 41.5 Å². The number of aromatic hydroxyl groups is 1. The topological polar surface area (TPSA) is 79.5 Å². The summed E-state index contributed by atoms with van der Waals surface area (Å²) in [6.45, 7) is 5.40. The van der Waals surface area contributed by atoms with Crippen molar-refractivity contribution in [1.82, 2.24) is 15.0 Å². The minimum absolute atomic E-state index is 0.0479. The summed E-state index contributed by atoms with van der Waals surface area (Å²) in [5, 5.41) is 13.8. The monoisotopic (exact) mass is 341 g/mol. The number of likely N-dealkylation sites (tertiary alicyclic amines) is 1. The number of carbonyl (C=O) groups is 1. The Hall–Kier alpha value is -2.37. The second-order valence-electron chi connectivity index (χ2n) is 7.59. The van der Waals surface area contributed by atoms with Crippen LogP contribution in [0.3, 0.4) is 0 Å². The number of fused-ring (bicyclic) bond motifs is 1. The predicted molar refractivity (Wildman–Crippen MR) is 91.4 cm³/mol. The quantitative estimate of drug-likeness (QED) is 0.928. The molecule has 4 rings (SSSR count). The van der Waals surface area contributed by atoms with Crippen LogP contribution in [0.4, 0.5) is 0 Å². The third-order valence-corrected chi connectivity index (χ3v) is 5.64. The second kappa shape index (κ2) is 5.86. The molecule has 132 valence electrons. The van der Waals surface area contributed by atoms with Gasteiger partial charge in [-0.15, -0.1) is 0 Å². The van der Waals surface area contributed by atoms with Crippen molar-refractivity contribution in [1.29, 1.82) is 0 Å². The lowest BCUT2D eigenvalue weighted by molar-refractivity contribution is 0.0774. The van der Waals surface area contributed by atoms with E-state index >= 15 is 0 Å². The maximum absolute atomic E-state index is 12.9. The van der Waals surface area contributed by atoms with E-state index in [2.05, 4.69) is 10.1 Å². The highest BCUT2D eigenvalue weighted by Crippen LogP contribution is 2.50. The molecule has 1 aliphatic carbocycles. The van der Waals surface area contributed by atoms with Crippen LogP contribution < -0.4 is 0 Å². The summed E-state index contributed by atoms with van der Waals surface area (Å²) in [4.78, 5) is 19.4. The van der Waals surface area contributed by atoms with E-state index in [0.29, 0.717) is 30.5 Å². The first-order chi connectivity index (χ1) is 12.0. The van der Waals surface area contributed by atoms with Crippen molar-refractivity contribution in [2.24, 2.45) is 5.92 Å². The molecule has 25 heavy (non-hydrogen) atoms. The van der Waals surface area contributed by atoms with Crippen molar-refractivity contribution < 1.29 is 14.4 Å². The number of phenolic OH excluding ortho intramolecular Hbond substituents is 1. The smallest absolute Gasteiger partial charge is 0.254 e. The van der Waals surface area contributed by atoms with Crippen LogP contribution in [0.15, 0.2) is 28.8 Å². The molecule has 1 aromatic heterocycles. The fourth-order valence-corrected chi connectivity index (χ4v) is 4.29. The number of benzene rings is 1. The van der Waals surface area contributed by atoms with Gasteiger partial charge in [-0.1, -0.05) is 31.5 Å². The van der Waals surface area contributed by atoms with E-state index in [1.54, 1.807) is 18.2 Å². The lowest BCUT2D eigenvalue weighted by Gasteiger charge is -2.24. The Morgan fingerprint density at radius 3 is 3.00 bits per heavy atom. The number of carbonyl (C=O) groups excluding carboxylic acids is 1. The van der Waals surface area contributed by atoms with Gasteiger partial charge in [0.25, 0.3) is 5.91 Å². The first-order valence-electron chi connectivity index (χ1n) is 8.92. The van der Waals surface area contributed by atoms with Crippen LogP contribution >= 0.6 is 0 Å². The second-order valence-corrected chi connectivity index (χ2v) is 7.59. The number of rotatable bonds is 3. The molecule has 2 aliphatic rings. The van der Waals surface area contributed by atoms with Crippen LogP contribution in [0.25, 0.3) is 0 Å². The number of hydrogen-bond donors (Lipinski definition) is 1. The summed E-state index contributed by atoms with van der Waals surface area (Å²) >= 11 is 0. The normalized spacial score (nSPS) is 25.6. The molecular formula is C19H23N3O3. The van der Waals surface area contributed by atoms with Crippen molar-refractivity contribution in [3.8, 4) is 5.75 Å². The summed E-state index contributed by atoms with van der Waals surface area (Å²) < 4.78 is 5.63. The summed E-state index contributed by atoms with van der Waals surface area (Å²) in [7, 11) is 0. The molecule has 0 radical (unpaired) electrons. The van der Waals surface area contributed by atoms with E-state index in [1.165, 1.54) is 6.07 Å². The Balaban J connectivity index is 1.62. The standard InChI is InChI=1S/C19H23N3O3/c1-12(2)16-20-18(25-21-16)19-8-4-6-14(19)10-22(11-19)17(24)13-5-3-7-15(23)9-13/h3,5,7,9,12,14,23H,4,6,8,10-11H2,1-2H3/t14-,19-/m1/s1. The lowest BCUT2D eigenvalue weighted by Crippen LogP contribution is -2.35. The number of aromatic nitrogens is 2. The maximum Gasteiger partial charge on any atom is 0.254 e. The molecular weight excluding hydrogens is 318 g/mol. The minimum atomic E-state index is -0.216. The molecule has 1 saturated heterocycles. The molecule has 1 N–H and O–H groups in total. The van der Waals surface area contributed by atoms with Crippen LogP contribution in [0.2, 0.25) is 0 Å². The molecule has 6 nitrogen and oxygen atoms in total. The molecule has 2 aromatic rings. The highest BCUT2D eigenvalue weighted by molar-refractivity contribution is 5.95. The van der Waals surface area contributed by atoms with Gasteiger partial charge in [0.1, 0.15) is 5.75 Å². The van der Waals surface area contributed by atoms with Gasteiger partial charge >= 0.3 is 0 Å². The van der Waals surface area contributed by atoms with Gasteiger partial charge in [-0.05, 0) is 37.0 Å². The predicted octanol–water partition coefficient (Wildman–Crippen LogP) is 3.09. The Morgan fingerprint density at radius 1 is 1.44 bits per heavy atom. The highest BCUT2D eigenvalue weighted by Gasteiger charge is 2.55. The molecule has 1 amide bonds. The zero-order valence-corrected chi connectivity index (χ0v) is 14.6.